The molecule has 0 spiro atoms. The van der Waals surface area contributed by atoms with Crippen molar-refractivity contribution in [2.24, 2.45) is 14.1 Å². The Morgan fingerprint density at radius 1 is 1.21 bits per heavy atom. The van der Waals surface area contributed by atoms with Gasteiger partial charge in [0.05, 0.1) is 6.54 Å². The number of aryl methyl sites for hydroxylation is 1. The molecule has 0 radical (unpaired) electrons. The zero-order valence-electron chi connectivity index (χ0n) is 12.7. The van der Waals surface area contributed by atoms with Crippen LogP contribution in [-0.4, -0.2) is 36.6 Å². The normalized spacial score (nSPS) is 11.5. The summed E-state index contributed by atoms with van der Waals surface area (Å²) < 4.78 is 39.9. The molecular weight excluding hydrogens is 333 g/mol. The van der Waals surface area contributed by atoms with Crippen molar-refractivity contribution in [2.45, 2.75) is 12.7 Å². The van der Waals surface area contributed by atoms with Crippen LogP contribution in [0.1, 0.15) is 16.3 Å². The summed E-state index contributed by atoms with van der Waals surface area (Å²) in [5.74, 6) is -1.95. The molecule has 0 fully saturated rings. The fourth-order valence-corrected chi connectivity index (χ4v) is 1.87. The van der Waals surface area contributed by atoms with Gasteiger partial charge in [0.2, 0.25) is 5.82 Å². The maximum absolute atomic E-state index is 12.6. The minimum Gasteiger partial charge on any atom is -0.349 e. The second-order valence-corrected chi connectivity index (χ2v) is 4.82. The van der Waals surface area contributed by atoms with Crippen molar-refractivity contribution < 1.29 is 18.0 Å². The van der Waals surface area contributed by atoms with Crippen molar-refractivity contribution >= 4 is 5.91 Å². The van der Waals surface area contributed by atoms with E-state index in [2.05, 4.69) is 15.5 Å². The second kappa shape index (κ2) is 6.29. The van der Waals surface area contributed by atoms with Gasteiger partial charge in [0, 0.05) is 26.7 Å². The number of hydrogen-bond acceptors (Lipinski definition) is 5. The molecule has 2 aromatic rings. The molecule has 0 aromatic carbocycles. The van der Waals surface area contributed by atoms with Gasteiger partial charge in [-0.25, -0.2) is 14.2 Å². The van der Waals surface area contributed by atoms with Crippen LogP contribution in [-0.2, 0) is 26.8 Å². The molecule has 0 bridgehead atoms. The highest BCUT2D eigenvalue weighted by molar-refractivity contribution is 5.91. The Labute approximate surface area is 132 Å². The van der Waals surface area contributed by atoms with Crippen LogP contribution < -0.4 is 16.6 Å². The molecule has 24 heavy (non-hydrogen) atoms. The Bertz CT molecular complexity index is 879. The number of rotatable bonds is 4. The number of amides is 1. The minimum absolute atomic E-state index is 0.0403. The van der Waals surface area contributed by atoms with Crippen molar-refractivity contribution in [1.82, 2.24) is 29.4 Å². The van der Waals surface area contributed by atoms with Crippen LogP contribution in [0.2, 0.25) is 0 Å². The molecule has 12 heteroatoms. The monoisotopic (exact) mass is 346 g/mol. The standard InChI is InChI=1S/C12H13F3N6O3/c1-19-10(12(13,14)15)18-21(11(19)24)6-5-16-9(23)7-3-4-8(22)20(2)17-7/h3-4H,5-6H2,1-2H3,(H,16,23). The number of aromatic nitrogens is 5. The maximum atomic E-state index is 12.6. The SMILES string of the molecule is Cn1nc(C(=O)NCCn2nc(C(F)(F)F)n(C)c2=O)ccc1=O. The summed E-state index contributed by atoms with van der Waals surface area (Å²) in [5, 5.41) is 9.31. The van der Waals surface area contributed by atoms with Crippen LogP contribution in [0.4, 0.5) is 13.2 Å². The predicted octanol–water partition coefficient (Wildman–Crippen LogP) is -0.876. The molecule has 0 saturated carbocycles. The van der Waals surface area contributed by atoms with Gasteiger partial charge in [-0.3, -0.25) is 14.2 Å². The smallest absolute Gasteiger partial charge is 0.349 e. The summed E-state index contributed by atoms with van der Waals surface area (Å²) in [4.78, 5) is 34.7. The highest BCUT2D eigenvalue weighted by atomic mass is 19.4. The third-order valence-corrected chi connectivity index (χ3v) is 3.10. The van der Waals surface area contributed by atoms with E-state index >= 15 is 0 Å². The first kappa shape index (κ1) is 17.4. The zero-order chi connectivity index (χ0) is 18.1. The van der Waals surface area contributed by atoms with Crippen LogP contribution in [0.15, 0.2) is 21.7 Å². The van der Waals surface area contributed by atoms with E-state index in [1.807, 2.05) is 0 Å². The predicted molar refractivity (Wildman–Crippen MR) is 74.3 cm³/mol. The Morgan fingerprint density at radius 2 is 1.88 bits per heavy atom. The first-order valence-electron chi connectivity index (χ1n) is 6.65. The molecule has 2 heterocycles. The van der Waals surface area contributed by atoms with Gasteiger partial charge in [-0.2, -0.15) is 18.3 Å². The quantitative estimate of drug-likeness (QED) is 0.775. The summed E-state index contributed by atoms with van der Waals surface area (Å²) in [7, 11) is 2.33. The first-order chi connectivity index (χ1) is 11.1. The first-order valence-corrected chi connectivity index (χ1v) is 6.65. The van der Waals surface area contributed by atoms with Gasteiger partial charge in [0.1, 0.15) is 5.69 Å². The number of nitrogens with one attached hydrogen (secondary N) is 1. The van der Waals surface area contributed by atoms with Gasteiger partial charge < -0.3 is 5.32 Å². The lowest BCUT2D eigenvalue weighted by Crippen LogP contribution is -2.33. The Kier molecular flexibility index (Phi) is 4.57. The van der Waals surface area contributed by atoms with Gasteiger partial charge >= 0.3 is 11.9 Å². The lowest BCUT2D eigenvalue weighted by Gasteiger charge is -2.05. The fourth-order valence-electron chi connectivity index (χ4n) is 1.87. The summed E-state index contributed by atoms with van der Waals surface area (Å²) in [6.07, 6.45) is -4.75. The van der Waals surface area contributed by atoms with Crippen LogP contribution in [0.25, 0.3) is 0 Å². The Morgan fingerprint density at radius 3 is 2.42 bits per heavy atom. The zero-order valence-corrected chi connectivity index (χ0v) is 12.7. The summed E-state index contributed by atoms with van der Waals surface area (Å²) >= 11 is 0. The van der Waals surface area contributed by atoms with Crippen molar-refractivity contribution in [3.8, 4) is 0 Å². The number of halogens is 3. The van der Waals surface area contributed by atoms with E-state index in [-0.39, 0.29) is 18.8 Å². The number of alkyl halides is 3. The Hall–Kier alpha value is -2.92. The number of carbonyl (C=O) groups is 1. The number of hydrogen-bond donors (Lipinski definition) is 1. The lowest BCUT2D eigenvalue weighted by atomic mass is 10.3. The average molecular weight is 346 g/mol. The highest BCUT2D eigenvalue weighted by Gasteiger charge is 2.37. The van der Waals surface area contributed by atoms with E-state index in [0.717, 1.165) is 17.8 Å². The van der Waals surface area contributed by atoms with Gasteiger partial charge in [0.25, 0.3) is 11.5 Å². The van der Waals surface area contributed by atoms with E-state index in [0.29, 0.717) is 9.25 Å². The topological polar surface area (TPSA) is 104 Å². The fraction of sp³-hybridized carbons (Fsp3) is 0.417. The van der Waals surface area contributed by atoms with Crippen LogP contribution in [0.5, 0.6) is 0 Å². The maximum Gasteiger partial charge on any atom is 0.451 e. The van der Waals surface area contributed by atoms with Crippen LogP contribution >= 0.6 is 0 Å². The molecule has 0 unspecified atom stereocenters. The minimum atomic E-state index is -4.75. The second-order valence-electron chi connectivity index (χ2n) is 4.82. The van der Waals surface area contributed by atoms with Gasteiger partial charge in [-0.05, 0) is 6.07 Å². The summed E-state index contributed by atoms with van der Waals surface area (Å²) in [6.45, 7) is -0.391. The van der Waals surface area contributed by atoms with Gasteiger partial charge in [-0.1, -0.05) is 0 Å². The van der Waals surface area contributed by atoms with E-state index in [1.54, 1.807) is 0 Å². The molecule has 0 saturated heterocycles. The molecule has 2 aromatic heterocycles. The molecular formula is C12H13F3N6O3. The largest absolute Gasteiger partial charge is 0.451 e. The average Bonchev–Trinajstić information content (AvgIpc) is 2.78. The Balaban J connectivity index is 2.04. The third-order valence-electron chi connectivity index (χ3n) is 3.10. The third kappa shape index (κ3) is 3.52. The molecule has 1 N–H and O–H groups in total. The number of nitrogens with zero attached hydrogens (tertiary/aromatic N) is 5. The van der Waals surface area contributed by atoms with Crippen molar-refractivity contribution in [1.29, 1.82) is 0 Å². The van der Waals surface area contributed by atoms with Crippen molar-refractivity contribution in [2.75, 3.05) is 6.54 Å². The van der Waals surface area contributed by atoms with Crippen LogP contribution in [0.3, 0.4) is 0 Å². The van der Waals surface area contributed by atoms with E-state index in [4.69, 9.17) is 0 Å². The molecule has 0 atom stereocenters. The lowest BCUT2D eigenvalue weighted by molar-refractivity contribution is -0.147. The van der Waals surface area contributed by atoms with Crippen LogP contribution in [0, 0.1) is 0 Å². The molecule has 1 amide bonds. The van der Waals surface area contributed by atoms with E-state index in [9.17, 15) is 27.6 Å². The van der Waals surface area contributed by atoms with E-state index < -0.39 is 29.2 Å². The molecule has 2 rings (SSSR count). The van der Waals surface area contributed by atoms with Crippen molar-refractivity contribution in [3.63, 3.8) is 0 Å². The summed E-state index contributed by atoms with van der Waals surface area (Å²) in [6, 6.07) is 2.37. The van der Waals surface area contributed by atoms with E-state index in [1.165, 1.54) is 13.1 Å². The molecule has 0 aliphatic rings. The molecule has 0 aliphatic carbocycles. The molecule has 0 aliphatic heterocycles. The van der Waals surface area contributed by atoms with Crippen molar-refractivity contribution in [3.05, 3.63) is 44.5 Å². The summed E-state index contributed by atoms with van der Waals surface area (Å²) in [5.41, 5.74) is -1.38. The van der Waals surface area contributed by atoms with Gasteiger partial charge in [-0.15, -0.1) is 5.10 Å². The molecule has 9 nitrogen and oxygen atoms in total. The number of carbonyl (C=O) groups excluding carboxylic acids is 1. The van der Waals surface area contributed by atoms with Gasteiger partial charge in [0.15, 0.2) is 0 Å². The molecule has 130 valence electrons. The highest BCUT2D eigenvalue weighted by Crippen LogP contribution is 2.25.